The smallest absolute Gasteiger partial charge is 0.372 e. The average molecular weight is 393 g/mol. The molecule has 29 heavy (non-hydrogen) atoms. The number of piperidine rings is 1. The van der Waals surface area contributed by atoms with Gasteiger partial charge in [0, 0.05) is 25.1 Å². The normalized spacial score (nSPS) is 13.9. The van der Waals surface area contributed by atoms with Crippen LogP contribution in [0.5, 0.6) is 0 Å². The Bertz CT molecular complexity index is 936. The summed E-state index contributed by atoms with van der Waals surface area (Å²) in [7, 11) is 0. The lowest BCUT2D eigenvalue weighted by Gasteiger charge is -2.27. The summed E-state index contributed by atoms with van der Waals surface area (Å²) in [5.74, 6) is -3.17. The van der Waals surface area contributed by atoms with Crippen LogP contribution in [0.4, 0.5) is 0 Å². The van der Waals surface area contributed by atoms with Crippen molar-refractivity contribution in [3.63, 3.8) is 0 Å². The fourth-order valence-corrected chi connectivity index (χ4v) is 3.52. The predicted octanol–water partition coefficient (Wildman–Crippen LogP) is 3.02. The maximum absolute atomic E-state index is 12.5. The third kappa shape index (κ3) is 5.60. The number of hydrogen-bond acceptors (Lipinski definition) is 4. The first-order valence-electron chi connectivity index (χ1n) is 9.66. The van der Waals surface area contributed by atoms with E-state index in [2.05, 4.69) is 0 Å². The predicted molar refractivity (Wildman–Crippen MR) is 107 cm³/mol. The zero-order valence-corrected chi connectivity index (χ0v) is 16.1. The van der Waals surface area contributed by atoms with Crippen molar-refractivity contribution in [2.75, 3.05) is 6.54 Å². The number of benzene rings is 2. The van der Waals surface area contributed by atoms with Gasteiger partial charge in [-0.25, -0.2) is 4.79 Å². The van der Waals surface area contributed by atoms with Crippen LogP contribution in [-0.4, -0.2) is 40.0 Å². The second-order valence-corrected chi connectivity index (χ2v) is 7.30. The lowest BCUT2D eigenvalue weighted by Crippen LogP contribution is -2.34. The fraction of sp³-hybridized carbons (Fsp3) is 0.304. The molecule has 1 N–H and O–H groups in total. The highest BCUT2D eigenvalue weighted by Crippen LogP contribution is 2.20. The fourth-order valence-electron chi connectivity index (χ4n) is 3.52. The van der Waals surface area contributed by atoms with E-state index >= 15 is 0 Å². The number of amides is 1. The first kappa shape index (κ1) is 20.5. The van der Waals surface area contributed by atoms with E-state index in [-0.39, 0.29) is 5.91 Å². The zero-order chi connectivity index (χ0) is 20.8. The van der Waals surface area contributed by atoms with Gasteiger partial charge in [-0.1, -0.05) is 36.4 Å². The quantitative estimate of drug-likeness (QED) is 0.423. The number of aliphatic carboxylic acids is 1. The second-order valence-electron chi connectivity index (χ2n) is 7.30. The SMILES string of the molecule is O=C(O)C(=O)CC(=O)c1cc(Cc2ccccc2)cc(CN2CCCCC2=O)c1. The van der Waals surface area contributed by atoms with Crippen molar-refractivity contribution in [3.05, 3.63) is 70.8 Å². The van der Waals surface area contributed by atoms with Crippen molar-refractivity contribution in [2.45, 2.75) is 38.6 Å². The number of ketones is 2. The van der Waals surface area contributed by atoms with Crippen LogP contribution in [0.1, 0.15) is 52.7 Å². The molecule has 0 atom stereocenters. The van der Waals surface area contributed by atoms with E-state index in [9.17, 15) is 19.2 Å². The number of Topliss-reactive ketones (excluding diaryl/α,β-unsaturated/α-hetero) is 2. The number of hydrogen-bond donors (Lipinski definition) is 1. The number of carboxylic acids is 1. The standard InChI is InChI=1S/C23H23NO5/c25-20(14-21(26)23(28)29)19-12-17(10-16-6-2-1-3-7-16)11-18(13-19)15-24-9-5-4-8-22(24)27/h1-3,6-7,11-13H,4-5,8-10,14-15H2,(H,28,29). The summed E-state index contributed by atoms with van der Waals surface area (Å²) in [5, 5.41) is 8.78. The van der Waals surface area contributed by atoms with Crippen LogP contribution >= 0.6 is 0 Å². The lowest BCUT2D eigenvalue weighted by atomic mass is 9.96. The molecule has 0 spiro atoms. The topological polar surface area (TPSA) is 91.8 Å². The molecule has 0 saturated carbocycles. The van der Waals surface area contributed by atoms with Crippen LogP contribution in [0, 0.1) is 0 Å². The number of likely N-dealkylation sites (tertiary alicyclic amines) is 1. The van der Waals surface area contributed by atoms with E-state index in [1.165, 1.54) is 0 Å². The minimum absolute atomic E-state index is 0.0960. The Balaban J connectivity index is 1.88. The summed E-state index contributed by atoms with van der Waals surface area (Å²) in [4.78, 5) is 48.7. The Labute approximate surface area is 169 Å². The van der Waals surface area contributed by atoms with E-state index in [1.807, 2.05) is 36.4 Å². The van der Waals surface area contributed by atoms with Gasteiger partial charge in [0.1, 0.15) is 0 Å². The van der Waals surface area contributed by atoms with Crippen molar-refractivity contribution in [2.24, 2.45) is 0 Å². The van der Waals surface area contributed by atoms with Crippen LogP contribution in [0.3, 0.4) is 0 Å². The van der Waals surface area contributed by atoms with Gasteiger partial charge < -0.3 is 10.0 Å². The average Bonchev–Trinajstić information content (AvgIpc) is 2.70. The molecule has 0 radical (unpaired) electrons. The van der Waals surface area contributed by atoms with Crippen LogP contribution in [0.2, 0.25) is 0 Å². The van der Waals surface area contributed by atoms with Gasteiger partial charge in [-0.3, -0.25) is 14.4 Å². The molecule has 0 aromatic heterocycles. The first-order chi connectivity index (χ1) is 13.9. The van der Waals surface area contributed by atoms with Gasteiger partial charge in [-0.05, 0) is 48.1 Å². The van der Waals surface area contributed by atoms with Crippen molar-refractivity contribution in [1.82, 2.24) is 4.90 Å². The molecule has 0 bridgehead atoms. The van der Waals surface area contributed by atoms with Crippen LogP contribution in [0.15, 0.2) is 48.5 Å². The minimum atomic E-state index is -1.61. The summed E-state index contributed by atoms with van der Waals surface area (Å²) in [6.45, 7) is 1.08. The van der Waals surface area contributed by atoms with Gasteiger partial charge in [-0.15, -0.1) is 0 Å². The Morgan fingerprint density at radius 1 is 0.931 bits per heavy atom. The highest BCUT2D eigenvalue weighted by atomic mass is 16.4. The number of carbonyl (C=O) groups is 4. The van der Waals surface area contributed by atoms with E-state index in [4.69, 9.17) is 5.11 Å². The van der Waals surface area contributed by atoms with Crippen molar-refractivity contribution in [1.29, 1.82) is 0 Å². The third-order valence-electron chi connectivity index (χ3n) is 4.98. The molecule has 6 nitrogen and oxygen atoms in total. The molecule has 2 aromatic carbocycles. The maximum atomic E-state index is 12.5. The molecule has 150 valence electrons. The lowest BCUT2D eigenvalue weighted by molar-refractivity contribution is -0.148. The van der Waals surface area contributed by atoms with E-state index < -0.39 is 24.0 Å². The van der Waals surface area contributed by atoms with Gasteiger partial charge >= 0.3 is 5.97 Å². The number of rotatable bonds is 8. The third-order valence-corrected chi connectivity index (χ3v) is 4.98. The Hall–Kier alpha value is -3.28. The Morgan fingerprint density at radius 2 is 1.66 bits per heavy atom. The molecular formula is C23H23NO5. The zero-order valence-electron chi connectivity index (χ0n) is 16.1. The van der Waals surface area contributed by atoms with Gasteiger partial charge in [0.15, 0.2) is 5.78 Å². The van der Waals surface area contributed by atoms with Crippen LogP contribution in [-0.2, 0) is 27.3 Å². The first-order valence-corrected chi connectivity index (χ1v) is 9.66. The second kappa shape index (κ2) is 9.28. The highest BCUT2D eigenvalue weighted by molar-refractivity contribution is 6.37. The van der Waals surface area contributed by atoms with Crippen molar-refractivity contribution < 1.29 is 24.3 Å². The number of carboxylic acid groups (broad SMARTS) is 1. The molecule has 1 fully saturated rings. The number of nitrogens with zero attached hydrogens (tertiary/aromatic N) is 1. The summed E-state index contributed by atoms with van der Waals surface area (Å²) in [6, 6.07) is 15.1. The molecule has 1 aliphatic rings. The molecule has 1 aliphatic heterocycles. The van der Waals surface area contributed by atoms with Gasteiger partial charge in [0.05, 0.1) is 6.42 Å². The minimum Gasteiger partial charge on any atom is -0.475 e. The molecule has 0 unspecified atom stereocenters. The largest absolute Gasteiger partial charge is 0.475 e. The summed E-state index contributed by atoms with van der Waals surface area (Å²) in [5.41, 5.74) is 3.05. The van der Waals surface area contributed by atoms with E-state index in [0.717, 1.165) is 29.5 Å². The van der Waals surface area contributed by atoms with E-state index in [1.54, 1.807) is 17.0 Å². The summed E-state index contributed by atoms with van der Waals surface area (Å²) in [6.07, 6.45) is 2.30. The number of carbonyl (C=O) groups excluding carboxylic acids is 3. The Kier molecular flexibility index (Phi) is 6.54. The van der Waals surface area contributed by atoms with Gasteiger partial charge in [-0.2, -0.15) is 0 Å². The van der Waals surface area contributed by atoms with Crippen molar-refractivity contribution >= 4 is 23.4 Å². The molecule has 1 heterocycles. The summed E-state index contributed by atoms with van der Waals surface area (Å²) < 4.78 is 0. The van der Waals surface area contributed by atoms with E-state index in [0.29, 0.717) is 31.5 Å². The monoisotopic (exact) mass is 393 g/mol. The molecule has 2 aromatic rings. The molecule has 1 amide bonds. The Morgan fingerprint density at radius 3 is 2.34 bits per heavy atom. The molecular weight excluding hydrogens is 370 g/mol. The van der Waals surface area contributed by atoms with Gasteiger partial charge in [0.25, 0.3) is 0 Å². The summed E-state index contributed by atoms with van der Waals surface area (Å²) >= 11 is 0. The molecule has 1 saturated heterocycles. The maximum Gasteiger partial charge on any atom is 0.372 e. The molecule has 6 heteroatoms. The molecule has 3 rings (SSSR count). The van der Waals surface area contributed by atoms with Crippen LogP contribution < -0.4 is 0 Å². The highest BCUT2D eigenvalue weighted by Gasteiger charge is 2.21. The van der Waals surface area contributed by atoms with Gasteiger partial charge in [0.2, 0.25) is 11.7 Å². The van der Waals surface area contributed by atoms with Crippen molar-refractivity contribution in [3.8, 4) is 0 Å². The molecule has 0 aliphatic carbocycles. The van der Waals surface area contributed by atoms with Crippen LogP contribution in [0.25, 0.3) is 0 Å².